The van der Waals surface area contributed by atoms with Gasteiger partial charge in [-0.3, -0.25) is 4.68 Å². The molecule has 0 amide bonds. The van der Waals surface area contributed by atoms with Crippen molar-refractivity contribution in [2.45, 2.75) is 13.2 Å². The van der Waals surface area contributed by atoms with Gasteiger partial charge in [0.15, 0.2) is 6.61 Å². The van der Waals surface area contributed by atoms with Crippen LogP contribution in [-0.2, 0) is 22.7 Å². The van der Waals surface area contributed by atoms with E-state index in [9.17, 15) is 4.79 Å². The number of aromatic nitrogens is 4. The van der Waals surface area contributed by atoms with Gasteiger partial charge in [0.05, 0.1) is 19.9 Å². The SMILES string of the molecule is COc1cccc(-c2noc(COC(=O)/C=C/c3cnn(Cc4ccccc4)c3)n2)c1. The molecule has 0 spiro atoms. The summed E-state index contributed by atoms with van der Waals surface area (Å²) in [6, 6.07) is 17.3. The smallest absolute Gasteiger partial charge is 0.331 e. The molecule has 0 radical (unpaired) electrons. The molecular formula is C23H20N4O4. The molecule has 31 heavy (non-hydrogen) atoms. The number of rotatable bonds is 8. The lowest BCUT2D eigenvalue weighted by Gasteiger charge is -2.00. The van der Waals surface area contributed by atoms with Gasteiger partial charge in [-0.25, -0.2) is 4.79 Å². The minimum absolute atomic E-state index is 0.118. The number of nitrogens with zero attached hydrogens (tertiary/aromatic N) is 4. The van der Waals surface area contributed by atoms with Gasteiger partial charge in [-0.1, -0.05) is 47.6 Å². The molecule has 156 valence electrons. The van der Waals surface area contributed by atoms with Gasteiger partial charge in [-0.2, -0.15) is 10.1 Å². The highest BCUT2D eigenvalue weighted by Gasteiger charge is 2.11. The lowest BCUT2D eigenvalue weighted by Crippen LogP contribution is -2.01. The number of carbonyl (C=O) groups is 1. The zero-order chi connectivity index (χ0) is 21.5. The van der Waals surface area contributed by atoms with Crippen LogP contribution in [0, 0.1) is 0 Å². The van der Waals surface area contributed by atoms with Gasteiger partial charge in [0, 0.05) is 23.4 Å². The summed E-state index contributed by atoms with van der Waals surface area (Å²) in [6.07, 6.45) is 6.52. The number of methoxy groups -OCH3 is 1. The van der Waals surface area contributed by atoms with Crippen LogP contribution in [0.25, 0.3) is 17.5 Å². The minimum atomic E-state index is -0.517. The molecule has 4 aromatic rings. The van der Waals surface area contributed by atoms with E-state index in [1.54, 1.807) is 30.1 Å². The van der Waals surface area contributed by atoms with Gasteiger partial charge in [-0.15, -0.1) is 0 Å². The molecule has 0 N–H and O–H groups in total. The Morgan fingerprint density at radius 1 is 1.16 bits per heavy atom. The van der Waals surface area contributed by atoms with E-state index >= 15 is 0 Å². The van der Waals surface area contributed by atoms with Crippen LogP contribution in [0.4, 0.5) is 0 Å². The monoisotopic (exact) mass is 416 g/mol. The summed E-state index contributed by atoms with van der Waals surface area (Å²) in [5.41, 5.74) is 2.69. The van der Waals surface area contributed by atoms with Crippen molar-refractivity contribution in [3.8, 4) is 17.1 Å². The second-order valence-electron chi connectivity index (χ2n) is 6.64. The van der Waals surface area contributed by atoms with Crippen LogP contribution in [0.2, 0.25) is 0 Å². The molecule has 0 saturated carbocycles. The zero-order valence-corrected chi connectivity index (χ0v) is 16.8. The molecule has 8 heteroatoms. The number of benzene rings is 2. The van der Waals surface area contributed by atoms with Crippen molar-refractivity contribution in [3.63, 3.8) is 0 Å². The third-order valence-electron chi connectivity index (χ3n) is 4.39. The third-order valence-corrected chi connectivity index (χ3v) is 4.39. The molecule has 4 rings (SSSR count). The van der Waals surface area contributed by atoms with E-state index in [0.717, 1.165) is 16.7 Å². The second-order valence-corrected chi connectivity index (χ2v) is 6.64. The molecule has 2 aromatic heterocycles. The Bertz CT molecular complexity index is 1180. The van der Waals surface area contributed by atoms with Crippen LogP contribution in [0.15, 0.2) is 77.6 Å². The summed E-state index contributed by atoms with van der Waals surface area (Å²) < 4.78 is 17.3. The van der Waals surface area contributed by atoms with E-state index in [1.165, 1.54) is 6.08 Å². The summed E-state index contributed by atoms with van der Waals surface area (Å²) in [5.74, 6) is 0.769. The maximum absolute atomic E-state index is 12.0. The molecule has 0 saturated heterocycles. The number of ether oxygens (including phenoxy) is 2. The Morgan fingerprint density at radius 2 is 2.03 bits per heavy atom. The molecule has 0 unspecified atom stereocenters. The molecule has 8 nitrogen and oxygen atoms in total. The van der Waals surface area contributed by atoms with E-state index < -0.39 is 5.97 Å². The molecule has 0 aliphatic carbocycles. The van der Waals surface area contributed by atoms with Crippen LogP contribution < -0.4 is 4.74 Å². The van der Waals surface area contributed by atoms with Crippen molar-refractivity contribution >= 4 is 12.0 Å². The average molecular weight is 416 g/mol. The molecular weight excluding hydrogens is 396 g/mol. The number of carbonyl (C=O) groups excluding carboxylic acids is 1. The lowest BCUT2D eigenvalue weighted by molar-refractivity contribution is -0.139. The van der Waals surface area contributed by atoms with E-state index in [0.29, 0.717) is 18.1 Å². The topological polar surface area (TPSA) is 92.3 Å². The highest BCUT2D eigenvalue weighted by Crippen LogP contribution is 2.21. The van der Waals surface area contributed by atoms with E-state index in [4.69, 9.17) is 14.0 Å². The first-order valence-corrected chi connectivity index (χ1v) is 9.58. The molecule has 0 bridgehead atoms. The van der Waals surface area contributed by atoms with Crippen molar-refractivity contribution in [2.75, 3.05) is 7.11 Å². The second kappa shape index (κ2) is 9.53. The summed E-state index contributed by atoms with van der Waals surface area (Å²) in [5, 5.41) is 8.21. The quantitative estimate of drug-likeness (QED) is 0.319. The first-order chi connectivity index (χ1) is 15.2. The van der Waals surface area contributed by atoms with E-state index in [1.807, 2.05) is 54.7 Å². The Hall–Kier alpha value is -4.20. The van der Waals surface area contributed by atoms with Gasteiger partial charge in [0.1, 0.15) is 5.75 Å². The van der Waals surface area contributed by atoms with Crippen molar-refractivity contribution in [2.24, 2.45) is 0 Å². The molecule has 2 aromatic carbocycles. The highest BCUT2D eigenvalue weighted by molar-refractivity contribution is 5.86. The number of hydrogen-bond acceptors (Lipinski definition) is 7. The summed E-state index contributed by atoms with van der Waals surface area (Å²) in [4.78, 5) is 16.2. The van der Waals surface area contributed by atoms with Crippen LogP contribution in [0.5, 0.6) is 5.75 Å². The molecule has 0 fully saturated rings. The predicted octanol–water partition coefficient (Wildman–Crippen LogP) is 3.75. The van der Waals surface area contributed by atoms with Crippen LogP contribution in [0.1, 0.15) is 17.0 Å². The van der Waals surface area contributed by atoms with Gasteiger partial charge in [0.2, 0.25) is 5.82 Å². The predicted molar refractivity (Wildman–Crippen MR) is 113 cm³/mol. The van der Waals surface area contributed by atoms with Crippen LogP contribution in [-0.4, -0.2) is 33.0 Å². The molecule has 0 aliphatic rings. The van der Waals surface area contributed by atoms with Gasteiger partial charge in [0.25, 0.3) is 5.89 Å². The van der Waals surface area contributed by atoms with Crippen molar-refractivity contribution in [1.29, 1.82) is 0 Å². The normalized spacial score (nSPS) is 11.0. The van der Waals surface area contributed by atoms with Gasteiger partial charge in [-0.05, 0) is 23.8 Å². The number of esters is 1. The van der Waals surface area contributed by atoms with E-state index in [-0.39, 0.29) is 12.5 Å². The summed E-state index contributed by atoms with van der Waals surface area (Å²) >= 11 is 0. The van der Waals surface area contributed by atoms with Crippen LogP contribution in [0.3, 0.4) is 0 Å². The molecule has 2 heterocycles. The maximum atomic E-state index is 12.0. The Kier molecular flexibility index (Phi) is 6.18. The fraction of sp³-hybridized carbons (Fsp3) is 0.130. The summed E-state index contributed by atoms with van der Waals surface area (Å²) in [7, 11) is 1.59. The standard InChI is InChI=1S/C23H20N4O4/c1-29-20-9-5-8-19(12-20)23-25-21(31-26-23)16-30-22(28)11-10-18-13-24-27(15-18)14-17-6-3-2-4-7-17/h2-13,15H,14,16H2,1H3/b11-10+. The Labute approximate surface area is 178 Å². The van der Waals surface area contributed by atoms with Crippen molar-refractivity contribution in [1.82, 2.24) is 19.9 Å². The van der Waals surface area contributed by atoms with Crippen molar-refractivity contribution < 1.29 is 18.8 Å². The fourth-order valence-corrected chi connectivity index (χ4v) is 2.86. The molecule has 0 aliphatic heterocycles. The van der Waals surface area contributed by atoms with E-state index in [2.05, 4.69) is 15.2 Å². The van der Waals surface area contributed by atoms with Gasteiger partial charge >= 0.3 is 5.97 Å². The number of hydrogen-bond donors (Lipinski definition) is 0. The summed E-state index contributed by atoms with van der Waals surface area (Å²) in [6.45, 7) is 0.541. The average Bonchev–Trinajstić information content (AvgIpc) is 3.47. The zero-order valence-electron chi connectivity index (χ0n) is 16.8. The first kappa shape index (κ1) is 20.1. The highest BCUT2D eigenvalue weighted by atomic mass is 16.6. The first-order valence-electron chi connectivity index (χ1n) is 9.58. The third kappa shape index (κ3) is 5.45. The van der Waals surface area contributed by atoms with Gasteiger partial charge < -0.3 is 14.0 Å². The maximum Gasteiger partial charge on any atom is 0.331 e. The largest absolute Gasteiger partial charge is 0.497 e. The Morgan fingerprint density at radius 3 is 2.87 bits per heavy atom. The lowest BCUT2D eigenvalue weighted by atomic mass is 10.2. The van der Waals surface area contributed by atoms with Crippen molar-refractivity contribution in [3.05, 3.63) is 90.1 Å². The molecule has 0 atom stereocenters. The fourth-order valence-electron chi connectivity index (χ4n) is 2.86. The Balaban J connectivity index is 1.29. The van der Waals surface area contributed by atoms with Crippen LogP contribution >= 0.6 is 0 Å². The minimum Gasteiger partial charge on any atom is -0.497 e.